The number of benzene rings is 1. The van der Waals surface area contributed by atoms with Crippen LogP contribution in [0, 0.1) is 0 Å². The molecular weight excluding hydrogens is 272 g/mol. The largest absolute Gasteiger partial charge is 0.508 e. The Hall–Kier alpha value is -1.18. The number of phenolic OH excluding ortho intramolecular Hbond substituents is 1. The Morgan fingerprint density at radius 3 is 1.59 bits per heavy atom. The first-order valence-corrected chi connectivity index (χ1v) is 8.25. The van der Waals surface area contributed by atoms with Crippen LogP contribution in [-0.2, 0) is 16.2 Å². The summed E-state index contributed by atoms with van der Waals surface area (Å²) in [5, 5.41) is 10.8. The van der Waals surface area contributed by atoms with Gasteiger partial charge in [-0.05, 0) is 29.2 Å². The maximum atomic E-state index is 10.8. The summed E-state index contributed by atoms with van der Waals surface area (Å²) >= 11 is 0. The molecular formula is C20H34O2. The summed E-state index contributed by atoms with van der Waals surface area (Å²) in [7, 11) is 0. The molecule has 126 valence electrons. The van der Waals surface area contributed by atoms with E-state index in [4.69, 9.17) is 4.74 Å². The third-order valence-electron chi connectivity index (χ3n) is 3.86. The van der Waals surface area contributed by atoms with Crippen molar-refractivity contribution in [3.05, 3.63) is 22.8 Å². The number of hydrogen-bond acceptors (Lipinski definition) is 2. The Bertz CT molecular complexity index is 535. The lowest BCUT2D eigenvalue weighted by atomic mass is 9.71. The maximum absolute atomic E-state index is 10.8. The zero-order chi connectivity index (χ0) is 17.5. The van der Waals surface area contributed by atoms with Crippen LogP contribution in [0.1, 0.15) is 85.9 Å². The van der Waals surface area contributed by atoms with Gasteiger partial charge in [0.1, 0.15) is 11.5 Å². The van der Waals surface area contributed by atoms with Crippen LogP contribution >= 0.6 is 0 Å². The second kappa shape index (κ2) is 5.79. The summed E-state index contributed by atoms with van der Waals surface area (Å²) in [5.74, 6) is 1.33. The van der Waals surface area contributed by atoms with E-state index in [0.717, 1.165) is 22.4 Å². The molecule has 22 heavy (non-hydrogen) atoms. The summed E-state index contributed by atoms with van der Waals surface area (Å²) in [6, 6.07) is 1.90. The molecule has 1 aromatic carbocycles. The van der Waals surface area contributed by atoms with Crippen molar-refractivity contribution in [2.24, 2.45) is 0 Å². The highest BCUT2D eigenvalue weighted by atomic mass is 16.5. The zero-order valence-electron chi connectivity index (χ0n) is 16.1. The number of phenols is 1. The molecule has 0 atom stereocenters. The van der Waals surface area contributed by atoms with Crippen molar-refractivity contribution < 1.29 is 9.84 Å². The average Bonchev–Trinajstić information content (AvgIpc) is 2.26. The van der Waals surface area contributed by atoms with Crippen molar-refractivity contribution in [3.8, 4) is 11.5 Å². The highest BCUT2D eigenvalue weighted by molar-refractivity contribution is 5.60. The predicted molar refractivity (Wildman–Crippen MR) is 95.4 cm³/mol. The third-order valence-corrected chi connectivity index (χ3v) is 3.86. The average molecular weight is 306 g/mol. The van der Waals surface area contributed by atoms with Crippen molar-refractivity contribution in [1.29, 1.82) is 0 Å². The van der Waals surface area contributed by atoms with Gasteiger partial charge in [0.25, 0.3) is 0 Å². The third kappa shape index (κ3) is 3.77. The highest BCUT2D eigenvalue weighted by Crippen LogP contribution is 2.48. The highest BCUT2D eigenvalue weighted by Gasteiger charge is 2.35. The molecule has 1 rings (SSSR count). The summed E-state index contributed by atoms with van der Waals surface area (Å²) < 4.78 is 6.10. The van der Waals surface area contributed by atoms with Gasteiger partial charge in [-0.3, -0.25) is 0 Å². The van der Waals surface area contributed by atoms with Crippen LogP contribution in [0.3, 0.4) is 0 Å². The molecule has 2 heteroatoms. The summed E-state index contributed by atoms with van der Waals surface area (Å²) in [5.41, 5.74) is 2.87. The quantitative estimate of drug-likeness (QED) is 0.761. The van der Waals surface area contributed by atoms with Crippen LogP contribution in [0.2, 0.25) is 0 Å². The van der Waals surface area contributed by atoms with Gasteiger partial charge in [0.05, 0.1) is 6.61 Å². The number of ether oxygens (including phenoxy) is 1. The number of aromatic hydroxyl groups is 1. The van der Waals surface area contributed by atoms with E-state index in [9.17, 15) is 5.11 Å². The standard InChI is InChI=1S/C20H34O2/c1-11-22-17-13(18(2,3)4)12-14(21)15(19(5,6)7)16(17)20(8,9)10/h12,21H,11H2,1-10H3. The Labute approximate surface area is 136 Å². The molecule has 0 bridgehead atoms. The van der Waals surface area contributed by atoms with Gasteiger partial charge in [-0.2, -0.15) is 0 Å². The summed E-state index contributed by atoms with van der Waals surface area (Å²) in [6.07, 6.45) is 0. The molecule has 0 heterocycles. The van der Waals surface area contributed by atoms with Gasteiger partial charge in [0, 0.05) is 16.7 Å². The van der Waals surface area contributed by atoms with Gasteiger partial charge in [-0.1, -0.05) is 62.3 Å². The molecule has 0 saturated heterocycles. The lowest BCUT2D eigenvalue weighted by molar-refractivity contribution is 0.314. The normalized spacial score (nSPS) is 13.4. The fourth-order valence-corrected chi connectivity index (χ4v) is 2.98. The zero-order valence-corrected chi connectivity index (χ0v) is 16.1. The summed E-state index contributed by atoms with van der Waals surface area (Å²) in [4.78, 5) is 0. The van der Waals surface area contributed by atoms with Gasteiger partial charge in [-0.15, -0.1) is 0 Å². The van der Waals surface area contributed by atoms with E-state index in [0.29, 0.717) is 12.4 Å². The minimum Gasteiger partial charge on any atom is -0.508 e. The molecule has 0 unspecified atom stereocenters. The van der Waals surface area contributed by atoms with Crippen LogP contribution in [0.15, 0.2) is 6.07 Å². The van der Waals surface area contributed by atoms with Crippen molar-refractivity contribution in [1.82, 2.24) is 0 Å². The van der Waals surface area contributed by atoms with Gasteiger partial charge in [-0.25, -0.2) is 0 Å². The van der Waals surface area contributed by atoms with Crippen LogP contribution in [0.4, 0.5) is 0 Å². The van der Waals surface area contributed by atoms with E-state index in [2.05, 4.69) is 62.3 Å². The van der Waals surface area contributed by atoms with Crippen LogP contribution < -0.4 is 4.74 Å². The van der Waals surface area contributed by atoms with E-state index in [-0.39, 0.29) is 16.2 Å². The van der Waals surface area contributed by atoms with Gasteiger partial charge in [0.15, 0.2) is 0 Å². The predicted octanol–water partition coefficient (Wildman–Crippen LogP) is 5.68. The van der Waals surface area contributed by atoms with E-state index in [1.807, 2.05) is 13.0 Å². The van der Waals surface area contributed by atoms with Crippen molar-refractivity contribution >= 4 is 0 Å². The topological polar surface area (TPSA) is 29.5 Å². The fourth-order valence-electron chi connectivity index (χ4n) is 2.98. The molecule has 0 aliphatic carbocycles. The monoisotopic (exact) mass is 306 g/mol. The second-order valence-corrected chi connectivity index (χ2v) is 9.21. The van der Waals surface area contributed by atoms with Gasteiger partial charge < -0.3 is 9.84 Å². The van der Waals surface area contributed by atoms with E-state index in [1.54, 1.807) is 0 Å². The Kier molecular flexibility index (Phi) is 4.97. The van der Waals surface area contributed by atoms with Crippen molar-refractivity contribution in [2.75, 3.05) is 6.61 Å². The molecule has 0 aliphatic heterocycles. The Morgan fingerprint density at radius 1 is 0.818 bits per heavy atom. The second-order valence-electron chi connectivity index (χ2n) is 9.21. The first-order chi connectivity index (χ1) is 9.71. The minimum absolute atomic E-state index is 0.0849. The SMILES string of the molecule is CCOc1c(C(C)(C)C)cc(O)c(C(C)(C)C)c1C(C)(C)C. The minimum atomic E-state index is -0.144. The first-order valence-electron chi connectivity index (χ1n) is 8.25. The molecule has 0 aromatic heterocycles. The van der Waals surface area contributed by atoms with Crippen molar-refractivity contribution in [2.45, 2.75) is 85.5 Å². The molecule has 1 aromatic rings. The fraction of sp³-hybridized carbons (Fsp3) is 0.700. The van der Waals surface area contributed by atoms with Crippen LogP contribution in [0.5, 0.6) is 11.5 Å². The van der Waals surface area contributed by atoms with E-state index in [1.165, 1.54) is 0 Å². The van der Waals surface area contributed by atoms with E-state index >= 15 is 0 Å². The van der Waals surface area contributed by atoms with Crippen LogP contribution in [-0.4, -0.2) is 11.7 Å². The molecule has 2 nitrogen and oxygen atoms in total. The molecule has 0 fully saturated rings. The molecule has 0 saturated carbocycles. The summed E-state index contributed by atoms with van der Waals surface area (Å²) in [6.45, 7) is 22.1. The lowest BCUT2D eigenvalue weighted by Gasteiger charge is -2.36. The number of rotatable bonds is 2. The van der Waals surface area contributed by atoms with Gasteiger partial charge in [0.2, 0.25) is 0 Å². The molecule has 0 radical (unpaired) electrons. The maximum Gasteiger partial charge on any atom is 0.127 e. The van der Waals surface area contributed by atoms with Crippen molar-refractivity contribution in [3.63, 3.8) is 0 Å². The van der Waals surface area contributed by atoms with Crippen LogP contribution in [0.25, 0.3) is 0 Å². The molecule has 0 amide bonds. The lowest BCUT2D eigenvalue weighted by Crippen LogP contribution is -2.26. The Balaban J connectivity index is 3.96. The molecule has 1 N–H and O–H groups in total. The van der Waals surface area contributed by atoms with Gasteiger partial charge >= 0.3 is 0 Å². The number of hydrogen-bond donors (Lipinski definition) is 1. The molecule has 0 aliphatic rings. The Morgan fingerprint density at radius 2 is 1.27 bits per heavy atom. The van der Waals surface area contributed by atoms with E-state index < -0.39 is 0 Å². The smallest absolute Gasteiger partial charge is 0.127 e. The first kappa shape index (κ1) is 18.9. The molecule has 0 spiro atoms.